The molecule has 14 heteroatoms. The molecule has 0 spiro atoms. The molecule has 0 aromatic carbocycles. The lowest BCUT2D eigenvalue weighted by molar-refractivity contribution is -0.439. The van der Waals surface area contributed by atoms with Gasteiger partial charge in [0.05, 0.1) is 0 Å². The number of hydrogen-bond acceptors (Lipinski definition) is 1. The zero-order chi connectivity index (χ0) is 22.8. The number of hydrogen-bond donors (Lipinski definition) is 0. The summed E-state index contributed by atoms with van der Waals surface area (Å²) in [5.74, 6) is -37.0. The highest BCUT2D eigenvalue weighted by Crippen LogP contribution is 2.60. The van der Waals surface area contributed by atoms with Gasteiger partial charge in [0.15, 0.2) is 0 Å². The fourth-order valence-electron chi connectivity index (χ4n) is 1.75. The summed E-state index contributed by atoms with van der Waals surface area (Å²) in [5, 5.41) is 0. The van der Waals surface area contributed by atoms with Crippen molar-refractivity contribution < 1.29 is 57.1 Å². The number of halogens is 13. The average Bonchev–Trinajstić information content (AvgIpc) is 2.52. The molecule has 0 nitrogen and oxygen atoms in total. The minimum absolute atomic E-state index is 0.127. The summed E-state index contributed by atoms with van der Waals surface area (Å²) >= 11 is 0.594. The van der Waals surface area contributed by atoms with Crippen LogP contribution >= 0.6 is 11.8 Å². The molecule has 0 radical (unpaired) electrons. The molecule has 0 saturated carbocycles. The number of thioether (sulfide) groups is 1. The van der Waals surface area contributed by atoms with Crippen molar-refractivity contribution in [1.82, 2.24) is 0 Å². The van der Waals surface area contributed by atoms with Crippen LogP contribution in [0.3, 0.4) is 0 Å². The van der Waals surface area contributed by atoms with Gasteiger partial charge in [-0.1, -0.05) is 20.3 Å². The first-order valence-corrected chi connectivity index (χ1v) is 8.89. The van der Waals surface area contributed by atoms with E-state index in [1.54, 1.807) is 13.8 Å². The van der Waals surface area contributed by atoms with Crippen LogP contribution in [0.25, 0.3) is 0 Å². The second kappa shape index (κ2) is 8.66. The molecule has 0 aromatic rings. The van der Waals surface area contributed by atoms with E-state index in [0.717, 1.165) is 0 Å². The summed E-state index contributed by atoms with van der Waals surface area (Å²) in [7, 11) is 0. The Morgan fingerprint density at radius 1 is 0.643 bits per heavy atom. The molecule has 0 aliphatic heterocycles. The number of rotatable bonds is 11. The first-order chi connectivity index (χ1) is 12.2. The van der Waals surface area contributed by atoms with E-state index in [1.165, 1.54) is 0 Å². The average molecular weight is 464 g/mol. The van der Waals surface area contributed by atoms with Gasteiger partial charge in [0.2, 0.25) is 0 Å². The molecular formula is C14H17F13S. The quantitative estimate of drug-likeness (QED) is 0.229. The van der Waals surface area contributed by atoms with Gasteiger partial charge >= 0.3 is 35.8 Å². The molecule has 0 heterocycles. The van der Waals surface area contributed by atoms with E-state index in [0.29, 0.717) is 24.6 Å². The second-order valence-electron chi connectivity index (χ2n) is 6.16. The fourth-order valence-corrected chi connectivity index (χ4v) is 2.92. The topological polar surface area (TPSA) is 0 Å². The highest BCUT2D eigenvalue weighted by Gasteiger charge is 2.90. The van der Waals surface area contributed by atoms with E-state index in [-0.39, 0.29) is 11.7 Å². The van der Waals surface area contributed by atoms with E-state index >= 15 is 0 Å². The third kappa shape index (κ3) is 4.94. The predicted molar refractivity (Wildman–Crippen MR) is 76.8 cm³/mol. The Morgan fingerprint density at radius 2 is 1.07 bits per heavy atom. The van der Waals surface area contributed by atoms with E-state index in [4.69, 9.17) is 0 Å². The Labute approximate surface area is 156 Å². The molecule has 0 aliphatic carbocycles. The van der Waals surface area contributed by atoms with Gasteiger partial charge < -0.3 is 0 Å². The van der Waals surface area contributed by atoms with Gasteiger partial charge in [0.1, 0.15) is 0 Å². The van der Waals surface area contributed by atoms with Crippen molar-refractivity contribution in [3.05, 3.63) is 0 Å². The summed E-state index contributed by atoms with van der Waals surface area (Å²) < 4.78 is 167. The molecule has 0 saturated heterocycles. The largest absolute Gasteiger partial charge is 0.460 e. The van der Waals surface area contributed by atoms with Crippen LogP contribution < -0.4 is 0 Å². The monoisotopic (exact) mass is 464 g/mol. The third-order valence-electron chi connectivity index (χ3n) is 4.01. The zero-order valence-corrected chi connectivity index (χ0v) is 15.3. The van der Waals surface area contributed by atoms with Gasteiger partial charge in [-0.3, -0.25) is 0 Å². The molecular weight excluding hydrogens is 447 g/mol. The smallest absolute Gasteiger partial charge is 0.200 e. The molecule has 0 N–H and O–H groups in total. The van der Waals surface area contributed by atoms with Gasteiger partial charge in [-0.05, 0) is 23.8 Å². The molecule has 0 bridgehead atoms. The fraction of sp³-hybridized carbons (Fsp3) is 1.00. The minimum atomic E-state index is -7.82. The first-order valence-electron chi connectivity index (χ1n) is 7.74. The Hall–Kier alpha value is -0.560. The van der Waals surface area contributed by atoms with Crippen molar-refractivity contribution in [3.8, 4) is 0 Å². The van der Waals surface area contributed by atoms with Crippen LogP contribution in [0.1, 0.15) is 33.1 Å². The SMILES string of the molecule is CCC(C)CCSCCC(F)(F)C(F)(F)C(F)(F)C(F)(F)C(F)(F)C(F)(F)F. The van der Waals surface area contributed by atoms with Crippen LogP contribution in [0.5, 0.6) is 0 Å². The van der Waals surface area contributed by atoms with Crippen LogP contribution in [-0.2, 0) is 0 Å². The molecule has 0 aromatic heterocycles. The minimum Gasteiger partial charge on any atom is -0.200 e. The zero-order valence-electron chi connectivity index (χ0n) is 14.4. The summed E-state index contributed by atoms with van der Waals surface area (Å²) in [6.07, 6.45) is -8.37. The molecule has 0 aliphatic rings. The molecule has 1 atom stereocenters. The van der Waals surface area contributed by atoms with Crippen molar-refractivity contribution in [2.24, 2.45) is 5.92 Å². The maximum atomic E-state index is 13.5. The highest BCUT2D eigenvalue weighted by molar-refractivity contribution is 7.99. The van der Waals surface area contributed by atoms with Crippen LogP contribution in [-0.4, -0.2) is 47.3 Å². The maximum absolute atomic E-state index is 13.5. The van der Waals surface area contributed by atoms with Crippen LogP contribution in [0, 0.1) is 5.92 Å². The van der Waals surface area contributed by atoms with Crippen molar-refractivity contribution in [1.29, 1.82) is 0 Å². The lowest BCUT2D eigenvalue weighted by Gasteiger charge is -2.39. The maximum Gasteiger partial charge on any atom is 0.460 e. The van der Waals surface area contributed by atoms with Gasteiger partial charge in [-0.25, -0.2) is 0 Å². The summed E-state index contributed by atoms with van der Waals surface area (Å²) in [6, 6.07) is 0. The van der Waals surface area contributed by atoms with Gasteiger partial charge in [-0.2, -0.15) is 68.8 Å². The van der Waals surface area contributed by atoms with Gasteiger partial charge in [0, 0.05) is 6.42 Å². The van der Waals surface area contributed by atoms with Gasteiger partial charge in [-0.15, -0.1) is 0 Å². The summed E-state index contributed by atoms with van der Waals surface area (Å²) in [5.41, 5.74) is 0. The summed E-state index contributed by atoms with van der Waals surface area (Å²) in [6.45, 7) is 3.57. The Morgan fingerprint density at radius 3 is 1.46 bits per heavy atom. The first kappa shape index (κ1) is 27.4. The van der Waals surface area contributed by atoms with Crippen LogP contribution in [0.2, 0.25) is 0 Å². The predicted octanol–water partition coefficient (Wildman–Crippen LogP) is 7.28. The molecule has 28 heavy (non-hydrogen) atoms. The Kier molecular flexibility index (Phi) is 8.49. The van der Waals surface area contributed by atoms with Crippen molar-refractivity contribution in [3.63, 3.8) is 0 Å². The molecule has 0 amide bonds. The summed E-state index contributed by atoms with van der Waals surface area (Å²) in [4.78, 5) is 0. The normalized spacial score (nSPS) is 16.4. The van der Waals surface area contributed by atoms with Crippen molar-refractivity contribution in [2.45, 2.75) is 68.9 Å². The molecule has 0 fully saturated rings. The van der Waals surface area contributed by atoms with Crippen LogP contribution in [0.15, 0.2) is 0 Å². The van der Waals surface area contributed by atoms with E-state index in [2.05, 4.69) is 0 Å². The third-order valence-corrected chi connectivity index (χ3v) is 5.03. The highest BCUT2D eigenvalue weighted by atomic mass is 32.2. The Bertz CT molecular complexity index is 498. The molecule has 0 rings (SSSR count). The van der Waals surface area contributed by atoms with Crippen LogP contribution in [0.4, 0.5) is 57.1 Å². The van der Waals surface area contributed by atoms with Crippen molar-refractivity contribution >= 4 is 11.8 Å². The van der Waals surface area contributed by atoms with E-state index in [9.17, 15) is 57.1 Å². The van der Waals surface area contributed by atoms with E-state index < -0.39 is 48.0 Å². The lowest BCUT2D eigenvalue weighted by atomic mass is 9.93. The molecule has 170 valence electrons. The Balaban J connectivity index is 5.46. The van der Waals surface area contributed by atoms with Crippen molar-refractivity contribution in [2.75, 3.05) is 11.5 Å². The lowest BCUT2D eigenvalue weighted by Crippen LogP contribution is -2.70. The number of alkyl halides is 13. The standard InChI is InChI=1S/C14H17F13S/c1-3-8(2)4-6-28-7-5-9(15,16)10(17,18)11(19,20)12(21,22)13(23,24)14(25,26)27/h8H,3-7H2,1-2H3. The second-order valence-corrected chi connectivity index (χ2v) is 7.39. The molecule has 1 unspecified atom stereocenters. The van der Waals surface area contributed by atoms with E-state index in [1.807, 2.05) is 0 Å². The van der Waals surface area contributed by atoms with Gasteiger partial charge in [0.25, 0.3) is 0 Å².